The van der Waals surface area contributed by atoms with Crippen LogP contribution >= 0.6 is 15.9 Å². The quantitative estimate of drug-likeness (QED) is 0.808. The number of amides is 2. The molecular weight excluding hydrogens is 323 g/mol. The molecule has 0 atom stereocenters. The van der Waals surface area contributed by atoms with Crippen molar-refractivity contribution >= 4 is 33.3 Å². The molecule has 3 nitrogen and oxygen atoms in total. The maximum Gasteiger partial charge on any atom is 0.323 e. The third-order valence-electron chi connectivity index (χ3n) is 2.94. The van der Waals surface area contributed by atoms with Gasteiger partial charge in [-0.25, -0.2) is 9.18 Å². The van der Waals surface area contributed by atoms with Gasteiger partial charge >= 0.3 is 6.03 Å². The molecule has 0 fully saturated rings. The first-order chi connectivity index (χ1) is 9.45. The van der Waals surface area contributed by atoms with E-state index >= 15 is 0 Å². The molecule has 2 amide bonds. The van der Waals surface area contributed by atoms with Crippen molar-refractivity contribution in [2.75, 3.05) is 10.6 Å². The zero-order valence-electron chi connectivity index (χ0n) is 11.1. The van der Waals surface area contributed by atoms with Crippen molar-refractivity contribution in [1.82, 2.24) is 0 Å². The Labute approximate surface area is 125 Å². The molecule has 0 aromatic heterocycles. The zero-order chi connectivity index (χ0) is 14.7. The van der Waals surface area contributed by atoms with E-state index in [0.717, 1.165) is 11.1 Å². The smallest absolute Gasteiger partial charge is 0.308 e. The van der Waals surface area contributed by atoms with E-state index in [9.17, 15) is 9.18 Å². The summed E-state index contributed by atoms with van der Waals surface area (Å²) in [7, 11) is 0. The van der Waals surface area contributed by atoms with Gasteiger partial charge in [-0.3, -0.25) is 0 Å². The van der Waals surface area contributed by atoms with E-state index in [1.54, 1.807) is 0 Å². The van der Waals surface area contributed by atoms with Crippen molar-refractivity contribution in [3.05, 3.63) is 57.8 Å². The largest absolute Gasteiger partial charge is 0.323 e. The summed E-state index contributed by atoms with van der Waals surface area (Å²) in [5.74, 6) is -0.364. The third kappa shape index (κ3) is 3.57. The Morgan fingerprint density at radius 2 is 1.80 bits per heavy atom. The normalized spacial score (nSPS) is 10.2. The highest BCUT2D eigenvalue weighted by Crippen LogP contribution is 2.23. The fraction of sp³-hybridized carbons (Fsp3) is 0.133. The van der Waals surface area contributed by atoms with Crippen molar-refractivity contribution < 1.29 is 9.18 Å². The van der Waals surface area contributed by atoms with Gasteiger partial charge in [0, 0.05) is 10.2 Å². The Morgan fingerprint density at radius 1 is 1.05 bits per heavy atom. The van der Waals surface area contributed by atoms with Crippen LogP contribution in [-0.2, 0) is 0 Å². The summed E-state index contributed by atoms with van der Waals surface area (Å²) in [5.41, 5.74) is 3.49. The maximum atomic E-state index is 13.0. The van der Waals surface area contributed by atoms with Crippen molar-refractivity contribution in [2.45, 2.75) is 13.8 Å². The molecule has 104 valence electrons. The molecule has 2 aromatic carbocycles. The highest BCUT2D eigenvalue weighted by molar-refractivity contribution is 9.10. The van der Waals surface area contributed by atoms with Crippen LogP contribution in [0.2, 0.25) is 0 Å². The first kappa shape index (κ1) is 14.5. The topological polar surface area (TPSA) is 41.1 Å². The van der Waals surface area contributed by atoms with Gasteiger partial charge in [0.1, 0.15) is 5.82 Å². The predicted octanol–water partition coefficient (Wildman–Crippen LogP) is 4.85. The Kier molecular flexibility index (Phi) is 4.39. The number of aryl methyl sites for hydroxylation is 2. The summed E-state index contributed by atoms with van der Waals surface area (Å²) in [6, 6.07) is 9.39. The summed E-state index contributed by atoms with van der Waals surface area (Å²) in [6.07, 6.45) is 0. The van der Waals surface area contributed by atoms with Crippen LogP contribution < -0.4 is 10.6 Å². The van der Waals surface area contributed by atoms with Gasteiger partial charge in [0.05, 0.1) is 5.69 Å². The summed E-state index contributed by atoms with van der Waals surface area (Å²) < 4.78 is 13.4. The van der Waals surface area contributed by atoms with Gasteiger partial charge in [-0.2, -0.15) is 0 Å². The number of nitrogens with one attached hydrogen (secondary N) is 2. The molecule has 0 aliphatic carbocycles. The summed E-state index contributed by atoms with van der Waals surface area (Å²) in [6.45, 7) is 3.99. The fourth-order valence-electron chi connectivity index (χ4n) is 1.69. The zero-order valence-corrected chi connectivity index (χ0v) is 12.7. The SMILES string of the molecule is Cc1ccc(NC(=O)Nc2ccc(F)cc2Br)cc1C. The van der Waals surface area contributed by atoms with Crippen LogP contribution in [0, 0.1) is 19.7 Å². The van der Waals surface area contributed by atoms with Crippen molar-refractivity contribution in [2.24, 2.45) is 0 Å². The highest BCUT2D eigenvalue weighted by Gasteiger charge is 2.07. The van der Waals surface area contributed by atoms with Gasteiger partial charge < -0.3 is 10.6 Å². The monoisotopic (exact) mass is 336 g/mol. The minimum Gasteiger partial charge on any atom is -0.308 e. The number of hydrogen-bond acceptors (Lipinski definition) is 1. The number of anilines is 2. The number of halogens is 2. The van der Waals surface area contributed by atoms with E-state index in [4.69, 9.17) is 0 Å². The number of carbonyl (C=O) groups excluding carboxylic acids is 1. The van der Waals surface area contributed by atoms with E-state index in [2.05, 4.69) is 26.6 Å². The third-order valence-corrected chi connectivity index (χ3v) is 3.60. The lowest BCUT2D eigenvalue weighted by Gasteiger charge is -2.10. The Hall–Kier alpha value is -1.88. The second kappa shape index (κ2) is 6.05. The molecule has 0 radical (unpaired) electrons. The van der Waals surface area contributed by atoms with E-state index in [0.29, 0.717) is 15.8 Å². The fourth-order valence-corrected chi connectivity index (χ4v) is 2.14. The second-order valence-electron chi connectivity index (χ2n) is 4.50. The molecule has 5 heteroatoms. The molecule has 0 aliphatic heterocycles. The van der Waals surface area contributed by atoms with Crippen LogP contribution in [0.15, 0.2) is 40.9 Å². The molecule has 0 bridgehead atoms. The van der Waals surface area contributed by atoms with E-state index < -0.39 is 0 Å². The molecule has 2 N–H and O–H groups in total. The van der Waals surface area contributed by atoms with Gasteiger partial charge in [0.15, 0.2) is 0 Å². The molecular formula is C15H14BrFN2O. The van der Waals surface area contributed by atoms with Gasteiger partial charge in [-0.1, -0.05) is 6.07 Å². The Balaban J connectivity index is 2.07. The molecule has 0 saturated heterocycles. The summed E-state index contributed by atoms with van der Waals surface area (Å²) >= 11 is 3.20. The number of hydrogen-bond donors (Lipinski definition) is 2. The minimum absolute atomic E-state index is 0.364. The number of carbonyl (C=O) groups is 1. The molecule has 0 unspecified atom stereocenters. The van der Waals surface area contributed by atoms with E-state index in [-0.39, 0.29) is 11.8 Å². The first-order valence-corrected chi connectivity index (χ1v) is 6.85. The lowest BCUT2D eigenvalue weighted by molar-refractivity contribution is 0.262. The molecule has 0 spiro atoms. The number of benzene rings is 2. The van der Waals surface area contributed by atoms with Crippen LogP contribution in [0.1, 0.15) is 11.1 Å². The van der Waals surface area contributed by atoms with Gasteiger partial charge in [-0.05, 0) is 71.2 Å². The number of urea groups is 1. The lowest BCUT2D eigenvalue weighted by atomic mass is 10.1. The highest BCUT2D eigenvalue weighted by atomic mass is 79.9. The number of rotatable bonds is 2. The van der Waals surface area contributed by atoms with Crippen LogP contribution in [0.4, 0.5) is 20.6 Å². The molecule has 20 heavy (non-hydrogen) atoms. The first-order valence-electron chi connectivity index (χ1n) is 6.06. The summed E-state index contributed by atoms with van der Waals surface area (Å²) in [4.78, 5) is 11.9. The minimum atomic E-state index is -0.374. The van der Waals surface area contributed by atoms with Crippen LogP contribution in [0.25, 0.3) is 0 Å². The summed E-state index contributed by atoms with van der Waals surface area (Å²) in [5, 5.41) is 5.39. The lowest BCUT2D eigenvalue weighted by Crippen LogP contribution is -2.19. The molecule has 0 saturated carbocycles. The molecule has 0 heterocycles. The molecule has 2 aromatic rings. The van der Waals surface area contributed by atoms with Crippen molar-refractivity contribution in [1.29, 1.82) is 0 Å². The van der Waals surface area contributed by atoms with Gasteiger partial charge in [0.25, 0.3) is 0 Å². The molecule has 0 aliphatic rings. The predicted molar refractivity (Wildman–Crippen MR) is 82.7 cm³/mol. The van der Waals surface area contributed by atoms with Crippen LogP contribution in [-0.4, -0.2) is 6.03 Å². The maximum absolute atomic E-state index is 13.0. The standard InChI is InChI=1S/C15H14BrFN2O/c1-9-3-5-12(7-10(9)2)18-15(20)19-14-6-4-11(17)8-13(14)16/h3-8H,1-2H3,(H2,18,19,20). The van der Waals surface area contributed by atoms with E-state index in [1.807, 2.05) is 32.0 Å². The second-order valence-corrected chi connectivity index (χ2v) is 5.36. The van der Waals surface area contributed by atoms with Gasteiger partial charge in [-0.15, -0.1) is 0 Å². The van der Waals surface area contributed by atoms with Crippen LogP contribution in [0.5, 0.6) is 0 Å². The van der Waals surface area contributed by atoms with Crippen molar-refractivity contribution in [3.8, 4) is 0 Å². The van der Waals surface area contributed by atoms with E-state index in [1.165, 1.54) is 18.2 Å². The molecule has 2 rings (SSSR count). The van der Waals surface area contributed by atoms with Crippen LogP contribution in [0.3, 0.4) is 0 Å². The average molecular weight is 337 g/mol. The van der Waals surface area contributed by atoms with Crippen molar-refractivity contribution in [3.63, 3.8) is 0 Å². The Morgan fingerprint density at radius 3 is 2.45 bits per heavy atom. The Bertz CT molecular complexity index is 658. The average Bonchev–Trinajstić information content (AvgIpc) is 2.37. The van der Waals surface area contributed by atoms with Gasteiger partial charge in [0.2, 0.25) is 0 Å².